The maximum absolute atomic E-state index is 9.91. The van der Waals surface area contributed by atoms with Gasteiger partial charge in [0, 0.05) is 26.2 Å². The normalized spacial score (nSPS) is 19.9. The smallest absolute Gasteiger partial charge is 0.119 e. The van der Waals surface area contributed by atoms with Crippen LogP contribution in [0.1, 0.15) is 26.3 Å². The van der Waals surface area contributed by atoms with Gasteiger partial charge in [-0.05, 0) is 38.5 Å². The number of nitrogens with zero attached hydrogens (tertiary/aromatic N) is 1. The van der Waals surface area contributed by atoms with Crippen molar-refractivity contribution in [3.05, 3.63) is 29.8 Å². The molecule has 1 aliphatic rings. The molecule has 1 aromatic carbocycles. The molecule has 2 rings (SSSR count). The van der Waals surface area contributed by atoms with Crippen LogP contribution >= 0.6 is 0 Å². The third-order valence-electron chi connectivity index (χ3n) is 3.97. The number of rotatable bonds is 5. The Labute approximate surface area is 121 Å². The molecule has 0 aromatic heterocycles. The third kappa shape index (κ3) is 3.32. The Balaban J connectivity index is 2.17. The molecule has 1 saturated heterocycles. The summed E-state index contributed by atoms with van der Waals surface area (Å²) in [5.41, 5.74) is 0.816. The largest absolute Gasteiger partial charge is 0.491 e. The Kier molecular flexibility index (Phi) is 5.02. The van der Waals surface area contributed by atoms with Crippen LogP contribution in [0.4, 0.5) is 0 Å². The fourth-order valence-electron chi connectivity index (χ4n) is 2.70. The average molecular weight is 278 g/mol. The minimum atomic E-state index is -0.321. The van der Waals surface area contributed by atoms with Crippen LogP contribution in [0.3, 0.4) is 0 Å². The summed E-state index contributed by atoms with van der Waals surface area (Å²) in [5.74, 6) is 0.879. The Morgan fingerprint density at radius 2 is 1.85 bits per heavy atom. The second-order valence-corrected chi connectivity index (χ2v) is 5.86. The molecule has 1 aliphatic heterocycles. The first-order valence-electron chi connectivity index (χ1n) is 7.40. The number of benzene rings is 1. The van der Waals surface area contributed by atoms with Crippen molar-refractivity contribution in [2.75, 3.05) is 32.8 Å². The molecule has 1 fully saturated rings. The van der Waals surface area contributed by atoms with E-state index in [4.69, 9.17) is 4.74 Å². The number of aliphatic hydroxyl groups excluding tert-OH is 1. The highest BCUT2D eigenvalue weighted by molar-refractivity contribution is 5.32. The van der Waals surface area contributed by atoms with Crippen LogP contribution in [0.25, 0.3) is 0 Å². The highest BCUT2D eigenvalue weighted by atomic mass is 16.5. The van der Waals surface area contributed by atoms with Crippen molar-refractivity contribution in [3.8, 4) is 5.75 Å². The SMILES string of the molecule is CC(C)Oc1ccc(C(C)(CO)N2CCNCC2)cc1. The van der Waals surface area contributed by atoms with E-state index in [0.717, 1.165) is 37.5 Å². The molecule has 1 atom stereocenters. The number of hydrogen-bond donors (Lipinski definition) is 2. The second kappa shape index (κ2) is 6.57. The van der Waals surface area contributed by atoms with Crippen molar-refractivity contribution < 1.29 is 9.84 Å². The molecule has 20 heavy (non-hydrogen) atoms. The van der Waals surface area contributed by atoms with E-state index >= 15 is 0 Å². The van der Waals surface area contributed by atoms with Crippen LogP contribution in [0.15, 0.2) is 24.3 Å². The molecule has 0 saturated carbocycles. The van der Waals surface area contributed by atoms with E-state index in [0.29, 0.717) is 0 Å². The van der Waals surface area contributed by atoms with Gasteiger partial charge < -0.3 is 15.2 Å². The maximum atomic E-state index is 9.91. The molecule has 0 radical (unpaired) electrons. The molecule has 0 bridgehead atoms. The molecule has 0 aliphatic carbocycles. The molecular weight excluding hydrogens is 252 g/mol. The molecule has 112 valence electrons. The zero-order chi connectivity index (χ0) is 14.6. The van der Waals surface area contributed by atoms with Crippen molar-refractivity contribution in [1.29, 1.82) is 0 Å². The summed E-state index contributed by atoms with van der Waals surface area (Å²) in [5, 5.41) is 13.3. The van der Waals surface area contributed by atoms with E-state index in [2.05, 4.69) is 29.3 Å². The van der Waals surface area contributed by atoms with Crippen molar-refractivity contribution in [1.82, 2.24) is 10.2 Å². The van der Waals surface area contributed by atoms with Gasteiger partial charge in [-0.25, -0.2) is 0 Å². The van der Waals surface area contributed by atoms with E-state index in [1.54, 1.807) is 0 Å². The molecule has 1 unspecified atom stereocenters. The van der Waals surface area contributed by atoms with Crippen molar-refractivity contribution in [2.24, 2.45) is 0 Å². The van der Waals surface area contributed by atoms with Gasteiger partial charge in [0.25, 0.3) is 0 Å². The zero-order valence-corrected chi connectivity index (χ0v) is 12.7. The summed E-state index contributed by atoms with van der Waals surface area (Å²) >= 11 is 0. The van der Waals surface area contributed by atoms with E-state index in [1.165, 1.54) is 0 Å². The molecule has 1 aromatic rings. The van der Waals surface area contributed by atoms with Gasteiger partial charge in [0.05, 0.1) is 18.2 Å². The number of nitrogens with one attached hydrogen (secondary N) is 1. The molecule has 0 amide bonds. The topological polar surface area (TPSA) is 44.7 Å². The van der Waals surface area contributed by atoms with Crippen LogP contribution in [-0.4, -0.2) is 48.9 Å². The Morgan fingerprint density at radius 3 is 2.35 bits per heavy atom. The van der Waals surface area contributed by atoms with Gasteiger partial charge >= 0.3 is 0 Å². The van der Waals surface area contributed by atoms with Gasteiger partial charge in [0.15, 0.2) is 0 Å². The minimum Gasteiger partial charge on any atom is -0.491 e. The van der Waals surface area contributed by atoms with Crippen LogP contribution in [0, 0.1) is 0 Å². The fourth-order valence-corrected chi connectivity index (χ4v) is 2.70. The summed E-state index contributed by atoms with van der Waals surface area (Å²) in [6.07, 6.45) is 0.179. The number of piperazine rings is 1. The first-order valence-corrected chi connectivity index (χ1v) is 7.40. The summed E-state index contributed by atoms with van der Waals surface area (Å²) in [6.45, 7) is 10.1. The van der Waals surface area contributed by atoms with Crippen LogP contribution in [-0.2, 0) is 5.54 Å². The first kappa shape index (κ1) is 15.3. The Bertz CT molecular complexity index is 413. The molecule has 4 heteroatoms. The average Bonchev–Trinajstić information content (AvgIpc) is 2.47. The summed E-state index contributed by atoms with van der Waals surface area (Å²) in [6, 6.07) is 8.11. The third-order valence-corrected chi connectivity index (χ3v) is 3.97. The lowest BCUT2D eigenvalue weighted by atomic mass is 9.90. The van der Waals surface area contributed by atoms with Crippen LogP contribution < -0.4 is 10.1 Å². The highest BCUT2D eigenvalue weighted by Crippen LogP contribution is 2.29. The summed E-state index contributed by atoms with van der Waals surface area (Å²) in [7, 11) is 0. The number of aliphatic hydroxyl groups is 1. The van der Waals surface area contributed by atoms with Crippen molar-refractivity contribution >= 4 is 0 Å². The molecule has 2 N–H and O–H groups in total. The van der Waals surface area contributed by atoms with Crippen LogP contribution in [0.2, 0.25) is 0 Å². The summed E-state index contributed by atoms with van der Waals surface area (Å²) in [4.78, 5) is 2.35. The van der Waals surface area contributed by atoms with E-state index in [-0.39, 0.29) is 18.2 Å². The van der Waals surface area contributed by atoms with Crippen LogP contribution in [0.5, 0.6) is 5.75 Å². The maximum Gasteiger partial charge on any atom is 0.119 e. The number of hydrogen-bond acceptors (Lipinski definition) is 4. The van der Waals surface area contributed by atoms with Gasteiger partial charge in [-0.2, -0.15) is 0 Å². The first-order chi connectivity index (χ1) is 9.56. The number of ether oxygens (including phenoxy) is 1. The van der Waals surface area contributed by atoms with E-state index in [1.807, 2.05) is 26.0 Å². The Morgan fingerprint density at radius 1 is 1.25 bits per heavy atom. The molecule has 4 nitrogen and oxygen atoms in total. The quantitative estimate of drug-likeness (QED) is 0.858. The predicted octanol–water partition coefficient (Wildman–Crippen LogP) is 1.59. The lowest BCUT2D eigenvalue weighted by Crippen LogP contribution is -2.54. The highest BCUT2D eigenvalue weighted by Gasteiger charge is 2.33. The van der Waals surface area contributed by atoms with Gasteiger partial charge in [0.2, 0.25) is 0 Å². The fraction of sp³-hybridized carbons (Fsp3) is 0.625. The Hall–Kier alpha value is -1.10. The van der Waals surface area contributed by atoms with Gasteiger partial charge in [-0.1, -0.05) is 12.1 Å². The van der Waals surface area contributed by atoms with E-state index in [9.17, 15) is 5.11 Å². The van der Waals surface area contributed by atoms with Gasteiger partial charge in [0.1, 0.15) is 5.75 Å². The minimum absolute atomic E-state index is 0.122. The zero-order valence-electron chi connectivity index (χ0n) is 12.7. The van der Waals surface area contributed by atoms with E-state index < -0.39 is 0 Å². The predicted molar refractivity (Wildman–Crippen MR) is 81.1 cm³/mol. The lowest BCUT2D eigenvalue weighted by Gasteiger charge is -2.43. The summed E-state index contributed by atoms with van der Waals surface area (Å²) < 4.78 is 5.67. The lowest BCUT2D eigenvalue weighted by molar-refractivity contribution is 0.0311. The second-order valence-electron chi connectivity index (χ2n) is 5.86. The molecule has 0 spiro atoms. The monoisotopic (exact) mass is 278 g/mol. The van der Waals surface area contributed by atoms with Crippen molar-refractivity contribution in [3.63, 3.8) is 0 Å². The molecule has 1 heterocycles. The standard InChI is InChI=1S/C16H26N2O2/c1-13(2)20-15-6-4-14(5-7-15)16(3,12-19)18-10-8-17-9-11-18/h4-7,13,17,19H,8-12H2,1-3H3. The van der Waals surface area contributed by atoms with Gasteiger partial charge in [-0.3, -0.25) is 4.90 Å². The van der Waals surface area contributed by atoms with Gasteiger partial charge in [-0.15, -0.1) is 0 Å². The molecular formula is C16H26N2O2. The van der Waals surface area contributed by atoms with Crippen molar-refractivity contribution in [2.45, 2.75) is 32.4 Å².